The first-order valence-electron chi connectivity index (χ1n) is 10.4. The number of rotatable bonds is 3. The number of aromatic nitrogens is 2. The lowest BCUT2D eigenvalue weighted by Crippen LogP contribution is -2.52. The predicted molar refractivity (Wildman–Crippen MR) is 107 cm³/mol. The average molecular weight is 393 g/mol. The molecule has 2 saturated heterocycles. The Balaban J connectivity index is 1.37. The number of amides is 1. The molecule has 2 aromatic rings. The molecular formula is C23H24FN3O2. The molecule has 0 N–H and O–H groups in total. The summed E-state index contributed by atoms with van der Waals surface area (Å²) in [6, 6.07) is 10.2. The number of cyclic esters (lactones) is 1. The maximum absolute atomic E-state index is 13.4. The van der Waals surface area contributed by atoms with Gasteiger partial charge < -0.3 is 9.64 Å². The quantitative estimate of drug-likeness (QED) is 0.768. The van der Waals surface area contributed by atoms with Gasteiger partial charge in [0.1, 0.15) is 12.4 Å². The lowest BCUT2D eigenvalue weighted by atomic mass is 9.67. The van der Waals surface area contributed by atoms with Crippen LogP contribution >= 0.6 is 0 Å². The Kier molecular flexibility index (Phi) is 4.78. The first-order chi connectivity index (χ1) is 14.2. The van der Waals surface area contributed by atoms with Gasteiger partial charge >= 0.3 is 6.09 Å². The smallest absolute Gasteiger partial charge is 0.410 e. The third kappa shape index (κ3) is 3.52. The highest BCUT2D eigenvalue weighted by Gasteiger charge is 2.48. The molecule has 3 aliphatic rings. The van der Waals surface area contributed by atoms with Crippen LogP contribution in [0.2, 0.25) is 0 Å². The zero-order valence-corrected chi connectivity index (χ0v) is 16.2. The van der Waals surface area contributed by atoms with Crippen LogP contribution in [-0.4, -0.2) is 40.4 Å². The standard InChI is InChI=1S/C23H24FN3O2/c24-17-6-3-5-15(12-17)21-11-9-18(25-26-21)8-10-20-19-7-2-1-4-16(19)13-27-22(20)14-29-23(27)28/h3,5-6,8-12,16,19-20,22H,1-2,4,7,13-14H2/b10-8+/t16?,19?,20?,22-/m1/s1. The van der Waals surface area contributed by atoms with Crippen molar-refractivity contribution in [2.45, 2.75) is 31.7 Å². The molecular weight excluding hydrogens is 369 g/mol. The van der Waals surface area contributed by atoms with Crippen molar-refractivity contribution in [3.05, 3.63) is 54.0 Å². The zero-order chi connectivity index (χ0) is 19.8. The number of carbonyl (C=O) groups excluding carboxylic acids is 1. The molecule has 1 amide bonds. The van der Waals surface area contributed by atoms with Crippen LogP contribution in [0.3, 0.4) is 0 Å². The fourth-order valence-electron chi connectivity index (χ4n) is 5.22. The first-order valence-corrected chi connectivity index (χ1v) is 10.4. The molecule has 29 heavy (non-hydrogen) atoms. The minimum atomic E-state index is -0.287. The van der Waals surface area contributed by atoms with Crippen LogP contribution in [0.25, 0.3) is 17.3 Å². The van der Waals surface area contributed by atoms with Crippen LogP contribution in [0.15, 0.2) is 42.5 Å². The van der Waals surface area contributed by atoms with E-state index in [9.17, 15) is 9.18 Å². The second-order valence-corrected chi connectivity index (χ2v) is 8.30. The van der Waals surface area contributed by atoms with Crippen molar-refractivity contribution < 1.29 is 13.9 Å². The summed E-state index contributed by atoms with van der Waals surface area (Å²) in [5.74, 6) is 1.15. The second-order valence-electron chi connectivity index (χ2n) is 8.30. The number of ether oxygens (including phenoxy) is 1. The SMILES string of the molecule is O=C1OC[C@@H]2C(/C=C/c3ccc(-c4cccc(F)c4)nn3)C3CCCCC3CN12. The highest BCUT2D eigenvalue weighted by molar-refractivity contribution is 5.70. The average Bonchev–Trinajstić information content (AvgIpc) is 3.12. The molecule has 1 aromatic carbocycles. The van der Waals surface area contributed by atoms with Gasteiger partial charge in [0.2, 0.25) is 0 Å². The summed E-state index contributed by atoms with van der Waals surface area (Å²) in [7, 11) is 0. The molecule has 1 aliphatic carbocycles. The molecule has 0 radical (unpaired) electrons. The summed E-state index contributed by atoms with van der Waals surface area (Å²) in [4.78, 5) is 14.1. The van der Waals surface area contributed by atoms with E-state index >= 15 is 0 Å². The van der Waals surface area contributed by atoms with Crippen molar-refractivity contribution in [1.82, 2.24) is 15.1 Å². The van der Waals surface area contributed by atoms with Gasteiger partial charge in [-0.05, 0) is 55.0 Å². The van der Waals surface area contributed by atoms with Crippen molar-refractivity contribution in [3.8, 4) is 11.3 Å². The molecule has 4 atom stereocenters. The molecule has 3 heterocycles. The molecule has 0 bridgehead atoms. The zero-order valence-electron chi connectivity index (χ0n) is 16.2. The number of carbonyl (C=O) groups is 1. The van der Waals surface area contributed by atoms with Crippen LogP contribution < -0.4 is 0 Å². The summed E-state index contributed by atoms with van der Waals surface area (Å²) < 4.78 is 18.8. The fraction of sp³-hybridized carbons (Fsp3) is 0.435. The number of halogens is 1. The highest BCUT2D eigenvalue weighted by atomic mass is 19.1. The molecule has 5 rings (SSSR count). The van der Waals surface area contributed by atoms with Gasteiger partial charge in [-0.2, -0.15) is 5.10 Å². The molecule has 0 spiro atoms. The van der Waals surface area contributed by atoms with Gasteiger partial charge in [0.15, 0.2) is 0 Å². The van der Waals surface area contributed by atoms with E-state index in [4.69, 9.17) is 4.74 Å². The van der Waals surface area contributed by atoms with Crippen LogP contribution in [0.4, 0.5) is 9.18 Å². The summed E-state index contributed by atoms with van der Waals surface area (Å²) in [5.41, 5.74) is 2.12. The van der Waals surface area contributed by atoms with Crippen molar-refractivity contribution in [3.63, 3.8) is 0 Å². The topological polar surface area (TPSA) is 55.3 Å². The molecule has 1 aromatic heterocycles. The van der Waals surface area contributed by atoms with Gasteiger partial charge in [-0.3, -0.25) is 0 Å². The summed E-state index contributed by atoms with van der Waals surface area (Å²) in [5, 5.41) is 8.56. The molecule has 1 saturated carbocycles. The van der Waals surface area contributed by atoms with E-state index in [1.807, 2.05) is 29.2 Å². The van der Waals surface area contributed by atoms with E-state index in [2.05, 4.69) is 16.3 Å². The van der Waals surface area contributed by atoms with Crippen LogP contribution in [0, 0.1) is 23.6 Å². The largest absolute Gasteiger partial charge is 0.447 e. The minimum absolute atomic E-state index is 0.123. The van der Waals surface area contributed by atoms with Crippen molar-refractivity contribution in [1.29, 1.82) is 0 Å². The normalized spacial score (nSPS) is 28.9. The van der Waals surface area contributed by atoms with E-state index in [0.29, 0.717) is 29.7 Å². The van der Waals surface area contributed by atoms with Gasteiger partial charge in [0.05, 0.1) is 17.4 Å². The van der Waals surface area contributed by atoms with E-state index in [1.54, 1.807) is 6.07 Å². The molecule has 150 valence electrons. The summed E-state index contributed by atoms with van der Waals surface area (Å²) >= 11 is 0. The molecule has 2 aliphatic heterocycles. The van der Waals surface area contributed by atoms with Crippen molar-refractivity contribution in [2.24, 2.45) is 17.8 Å². The Morgan fingerprint density at radius 2 is 2.03 bits per heavy atom. The Hall–Kier alpha value is -2.76. The third-order valence-electron chi connectivity index (χ3n) is 6.64. The Morgan fingerprint density at radius 3 is 2.86 bits per heavy atom. The van der Waals surface area contributed by atoms with E-state index in [-0.39, 0.29) is 23.9 Å². The van der Waals surface area contributed by atoms with Crippen molar-refractivity contribution >= 4 is 12.2 Å². The maximum Gasteiger partial charge on any atom is 0.410 e. The molecule has 3 fully saturated rings. The number of fused-ring (bicyclic) bond motifs is 2. The number of hydrogen-bond acceptors (Lipinski definition) is 4. The van der Waals surface area contributed by atoms with Gasteiger partial charge in [-0.25, -0.2) is 9.18 Å². The Bertz CT molecular complexity index is 930. The third-order valence-corrected chi connectivity index (χ3v) is 6.64. The van der Waals surface area contributed by atoms with Crippen LogP contribution in [-0.2, 0) is 4.74 Å². The molecule has 5 nitrogen and oxygen atoms in total. The van der Waals surface area contributed by atoms with Crippen LogP contribution in [0.5, 0.6) is 0 Å². The molecule has 3 unspecified atom stereocenters. The second kappa shape index (κ2) is 7.58. The van der Waals surface area contributed by atoms with Gasteiger partial charge in [-0.1, -0.05) is 31.1 Å². The van der Waals surface area contributed by atoms with E-state index in [1.165, 1.54) is 37.8 Å². The number of piperidine rings is 1. The highest BCUT2D eigenvalue weighted by Crippen LogP contribution is 2.44. The lowest BCUT2D eigenvalue weighted by molar-refractivity contribution is 0.0472. The monoisotopic (exact) mass is 393 g/mol. The number of hydrogen-bond donors (Lipinski definition) is 0. The maximum atomic E-state index is 13.4. The summed E-state index contributed by atoms with van der Waals surface area (Å²) in [6.45, 7) is 1.31. The van der Waals surface area contributed by atoms with Crippen molar-refractivity contribution in [2.75, 3.05) is 13.2 Å². The van der Waals surface area contributed by atoms with E-state index < -0.39 is 0 Å². The van der Waals surface area contributed by atoms with Gasteiger partial charge in [0.25, 0.3) is 0 Å². The Labute approximate surface area is 169 Å². The summed E-state index contributed by atoms with van der Waals surface area (Å²) in [6.07, 6.45) is 8.94. The van der Waals surface area contributed by atoms with Crippen LogP contribution in [0.1, 0.15) is 31.4 Å². The minimum Gasteiger partial charge on any atom is -0.447 e. The Morgan fingerprint density at radius 1 is 1.14 bits per heavy atom. The van der Waals surface area contributed by atoms with Gasteiger partial charge in [0, 0.05) is 18.0 Å². The number of benzene rings is 1. The van der Waals surface area contributed by atoms with Gasteiger partial charge in [-0.15, -0.1) is 5.10 Å². The lowest BCUT2D eigenvalue weighted by Gasteiger charge is -2.46. The predicted octanol–water partition coefficient (Wildman–Crippen LogP) is 4.55. The fourth-order valence-corrected chi connectivity index (χ4v) is 5.22. The first kappa shape index (κ1) is 18.3. The molecule has 6 heteroatoms. The van der Waals surface area contributed by atoms with E-state index in [0.717, 1.165) is 12.2 Å². The number of nitrogens with zero attached hydrogens (tertiary/aromatic N) is 3.